The van der Waals surface area contributed by atoms with E-state index in [1.165, 1.54) is 5.56 Å². The Morgan fingerprint density at radius 3 is 2.70 bits per heavy atom. The lowest BCUT2D eigenvalue weighted by molar-refractivity contribution is 0.170. The zero-order chi connectivity index (χ0) is 17.8. The highest BCUT2D eigenvalue weighted by Gasteiger charge is 2.12. The second kappa shape index (κ2) is 10.4. The number of halogens is 2. The summed E-state index contributed by atoms with van der Waals surface area (Å²) in [6.07, 6.45) is 3.87. The number of H-pyrrole nitrogens is 1. The monoisotopic (exact) mass is 412 g/mol. The first kappa shape index (κ1) is 23.0. The number of nitrogens with zero attached hydrogens (tertiary/aromatic N) is 1. The molecule has 8 heteroatoms. The molecule has 0 spiro atoms. The number of ether oxygens (including phenoxy) is 1. The smallest absolute Gasteiger partial charge is 0.123 e. The number of anilines is 1. The SMILES string of the molecule is COc1ccc2[nH]cc(C[C@@H](C)NC[C@H](O)c3ccc(N)nc3)c2c1.Cl.Cl. The van der Waals surface area contributed by atoms with Crippen molar-refractivity contribution in [2.24, 2.45) is 0 Å². The van der Waals surface area contributed by atoms with Gasteiger partial charge in [-0.05, 0) is 43.2 Å². The van der Waals surface area contributed by atoms with Crippen molar-refractivity contribution in [2.75, 3.05) is 19.4 Å². The van der Waals surface area contributed by atoms with Gasteiger partial charge in [-0.25, -0.2) is 4.98 Å². The van der Waals surface area contributed by atoms with Crippen LogP contribution in [0.25, 0.3) is 10.9 Å². The second-order valence-electron chi connectivity index (χ2n) is 6.27. The van der Waals surface area contributed by atoms with Gasteiger partial charge in [0.15, 0.2) is 0 Å². The van der Waals surface area contributed by atoms with Crippen molar-refractivity contribution in [2.45, 2.75) is 25.5 Å². The molecular weight excluding hydrogens is 387 g/mol. The molecule has 5 N–H and O–H groups in total. The molecule has 0 amide bonds. The quantitative estimate of drug-likeness (QED) is 0.477. The van der Waals surface area contributed by atoms with Crippen LogP contribution in [0.4, 0.5) is 5.82 Å². The maximum Gasteiger partial charge on any atom is 0.123 e. The van der Waals surface area contributed by atoms with Gasteiger partial charge in [-0.15, -0.1) is 24.8 Å². The minimum absolute atomic E-state index is 0. The van der Waals surface area contributed by atoms with Crippen LogP contribution in [0, 0.1) is 0 Å². The van der Waals surface area contributed by atoms with Crippen LogP contribution in [-0.2, 0) is 6.42 Å². The van der Waals surface area contributed by atoms with E-state index in [4.69, 9.17) is 10.5 Å². The minimum Gasteiger partial charge on any atom is -0.497 e. The Morgan fingerprint density at radius 2 is 2.04 bits per heavy atom. The second-order valence-corrected chi connectivity index (χ2v) is 6.27. The van der Waals surface area contributed by atoms with Crippen LogP contribution in [0.1, 0.15) is 24.2 Å². The number of methoxy groups -OCH3 is 1. The molecule has 0 aliphatic rings. The van der Waals surface area contributed by atoms with Crippen LogP contribution in [0.2, 0.25) is 0 Å². The highest BCUT2D eigenvalue weighted by Crippen LogP contribution is 2.24. The molecule has 6 nitrogen and oxygen atoms in total. The van der Waals surface area contributed by atoms with Crippen molar-refractivity contribution in [1.82, 2.24) is 15.3 Å². The maximum atomic E-state index is 10.3. The van der Waals surface area contributed by atoms with Gasteiger partial charge >= 0.3 is 0 Å². The van der Waals surface area contributed by atoms with E-state index >= 15 is 0 Å². The minimum atomic E-state index is -0.612. The molecule has 0 unspecified atom stereocenters. The van der Waals surface area contributed by atoms with Gasteiger partial charge in [-0.3, -0.25) is 0 Å². The number of nitrogen functional groups attached to an aromatic ring is 1. The van der Waals surface area contributed by atoms with E-state index in [0.29, 0.717) is 12.4 Å². The normalized spacial score (nSPS) is 12.7. The Kier molecular flexibility index (Phi) is 8.85. The lowest BCUT2D eigenvalue weighted by Crippen LogP contribution is -2.32. The number of aliphatic hydroxyl groups excluding tert-OH is 1. The molecule has 1 aromatic carbocycles. The summed E-state index contributed by atoms with van der Waals surface area (Å²) in [4.78, 5) is 7.30. The van der Waals surface area contributed by atoms with Crippen LogP contribution in [-0.4, -0.2) is 34.8 Å². The first-order valence-corrected chi connectivity index (χ1v) is 8.33. The molecule has 0 bridgehead atoms. The molecular formula is C19H26Cl2N4O2. The standard InChI is InChI=1S/C19H24N4O2.2ClH/c1-12(21-11-18(24)13-3-6-19(20)23-9-13)7-14-10-22-17-5-4-15(25-2)8-16(14)17;;/h3-6,8-10,12,18,21-22,24H,7,11H2,1-2H3,(H2,20,23);2*1H/t12-,18+;;/m1../s1. The van der Waals surface area contributed by atoms with Crippen molar-refractivity contribution in [3.05, 3.63) is 53.9 Å². The molecule has 3 aromatic rings. The molecule has 27 heavy (non-hydrogen) atoms. The molecule has 2 atom stereocenters. The zero-order valence-electron chi connectivity index (χ0n) is 15.3. The number of nitrogens with two attached hydrogens (primary N) is 1. The molecule has 0 fully saturated rings. The number of fused-ring (bicyclic) bond motifs is 1. The van der Waals surface area contributed by atoms with Crippen molar-refractivity contribution in [1.29, 1.82) is 0 Å². The molecule has 2 aromatic heterocycles. The van der Waals surface area contributed by atoms with E-state index in [1.807, 2.05) is 24.4 Å². The third-order valence-electron chi connectivity index (χ3n) is 4.35. The van der Waals surface area contributed by atoms with Crippen LogP contribution >= 0.6 is 24.8 Å². The molecule has 0 saturated heterocycles. The Morgan fingerprint density at radius 1 is 1.26 bits per heavy atom. The molecule has 0 radical (unpaired) electrons. The van der Waals surface area contributed by atoms with E-state index in [9.17, 15) is 5.11 Å². The number of aliphatic hydroxyl groups is 1. The van der Waals surface area contributed by atoms with Gasteiger partial charge in [0, 0.05) is 41.4 Å². The van der Waals surface area contributed by atoms with Crippen molar-refractivity contribution in [3.63, 3.8) is 0 Å². The lowest BCUT2D eigenvalue weighted by Gasteiger charge is -2.17. The first-order chi connectivity index (χ1) is 12.1. The summed E-state index contributed by atoms with van der Waals surface area (Å²) >= 11 is 0. The number of benzene rings is 1. The fraction of sp³-hybridized carbons (Fsp3) is 0.316. The Hall–Kier alpha value is -1.99. The van der Waals surface area contributed by atoms with Gasteiger partial charge in [0.2, 0.25) is 0 Å². The maximum absolute atomic E-state index is 10.3. The van der Waals surface area contributed by atoms with Gasteiger partial charge in [-0.2, -0.15) is 0 Å². The predicted octanol–water partition coefficient (Wildman–Crippen LogP) is 3.25. The number of hydrogen-bond donors (Lipinski definition) is 4. The summed E-state index contributed by atoms with van der Waals surface area (Å²) in [7, 11) is 1.67. The van der Waals surface area contributed by atoms with E-state index in [2.05, 4.69) is 22.2 Å². The summed E-state index contributed by atoms with van der Waals surface area (Å²) in [5.41, 5.74) is 8.64. The van der Waals surface area contributed by atoms with E-state index < -0.39 is 6.10 Å². The van der Waals surface area contributed by atoms with Crippen molar-refractivity contribution >= 4 is 41.5 Å². The fourth-order valence-corrected chi connectivity index (χ4v) is 2.90. The lowest BCUT2D eigenvalue weighted by atomic mass is 10.1. The van der Waals surface area contributed by atoms with Crippen LogP contribution in [0.3, 0.4) is 0 Å². The van der Waals surface area contributed by atoms with Gasteiger partial charge in [0.1, 0.15) is 11.6 Å². The zero-order valence-corrected chi connectivity index (χ0v) is 16.9. The van der Waals surface area contributed by atoms with Crippen LogP contribution in [0.5, 0.6) is 5.75 Å². The molecule has 3 rings (SSSR count). The molecule has 0 aliphatic heterocycles. The molecule has 2 heterocycles. The van der Waals surface area contributed by atoms with E-state index in [0.717, 1.165) is 28.6 Å². The number of pyridine rings is 1. The van der Waals surface area contributed by atoms with Crippen molar-refractivity contribution in [3.8, 4) is 5.75 Å². The largest absolute Gasteiger partial charge is 0.497 e. The molecule has 0 saturated carbocycles. The average molecular weight is 413 g/mol. The fourth-order valence-electron chi connectivity index (χ4n) is 2.90. The van der Waals surface area contributed by atoms with Gasteiger partial charge < -0.3 is 25.9 Å². The highest BCUT2D eigenvalue weighted by atomic mass is 35.5. The first-order valence-electron chi connectivity index (χ1n) is 8.33. The number of nitrogens with one attached hydrogen (secondary N) is 2. The molecule has 0 aliphatic carbocycles. The Balaban J connectivity index is 0.00000182. The predicted molar refractivity (Wildman–Crippen MR) is 114 cm³/mol. The van der Waals surface area contributed by atoms with Gasteiger partial charge in [-0.1, -0.05) is 6.07 Å². The van der Waals surface area contributed by atoms with Gasteiger partial charge in [0.25, 0.3) is 0 Å². The Bertz CT molecular complexity index is 839. The van der Waals surface area contributed by atoms with E-state index in [1.54, 1.807) is 25.4 Å². The summed E-state index contributed by atoms with van der Waals surface area (Å²) in [6.45, 7) is 2.56. The number of aromatic nitrogens is 2. The number of rotatable bonds is 7. The average Bonchev–Trinajstić information content (AvgIpc) is 3.02. The van der Waals surface area contributed by atoms with E-state index in [-0.39, 0.29) is 30.9 Å². The number of hydrogen-bond acceptors (Lipinski definition) is 5. The Labute approximate surface area is 171 Å². The third-order valence-corrected chi connectivity index (χ3v) is 4.35. The van der Waals surface area contributed by atoms with Crippen molar-refractivity contribution < 1.29 is 9.84 Å². The summed E-state index contributed by atoms with van der Waals surface area (Å²) < 4.78 is 5.31. The van der Waals surface area contributed by atoms with Crippen LogP contribution < -0.4 is 15.8 Å². The highest BCUT2D eigenvalue weighted by molar-refractivity contribution is 5.86. The summed E-state index contributed by atoms with van der Waals surface area (Å²) in [6, 6.07) is 9.71. The summed E-state index contributed by atoms with van der Waals surface area (Å²) in [5.74, 6) is 1.30. The number of aromatic amines is 1. The van der Waals surface area contributed by atoms with Crippen LogP contribution in [0.15, 0.2) is 42.7 Å². The molecule has 148 valence electrons. The topological polar surface area (TPSA) is 96.2 Å². The third kappa shape index (κ3) is 5.74. The van der Waals surface area contributed by atoms with Gasteiger partial charge in [0.05, 0.1) is 13.2 Å². The summed E-state index contributed by atoms with van der Waals surface area (Å²) in [5, 5.41) is 14.8.